The maximum Gasteiger partial charge on any atom is 0.278 e. The van der Waals surface area contributed by atoms with Crippen LogP contribution in [0.5, 0.6) is 11.5 Å². The molecule has 1 aliphatic rings. The fourth-order valence-corrected chi connectivity index (χ4v) is 3.27. The average Bonchev–Trinajstić information content (AvgIpc) is 2.92. The van der Waals surface area contributed by atoms with Gasteiger partial charge in [-0.25, -0.2) is 0 Å². The molecule has 0 spiro atoms. The summed E-state index contributed by atoms with van der Waals surface area (Å²) in [6.45, 7) is 6.30. The molecule has 0 fully saturated rings. The van der Waals surface area contributed by atoms with Crippen LogP contribution in [0.15, 0.2) is 48.2 Å². The van der Waals surface area contributed by atoms with Crippen molar-refractivity contribution in [3.8, 4) is 11.5 Å². The molecule has 29 heavy (non-hydrogen) atoms. The molecule has 0 saturated heterocycles. The Kier molecular flexibility index (Phi) is 5.92. The highest BCUT2D eigenvalue weighted by Gasteiger charge is 2.39. The first-order chi connectivity index (χ1) is 13.8. The summed E-state index contributed by atoms with van der Waals surface area (Å²) in [5.74, 6) is 0.680. The van der Waals surface area contributed by atoms with Crippen molar-refractivity contribution >= 4 is 23.1 Å². The number of hydrogen-bond acceptors (Lipinski definition) is 5. The molecule has 1 aliphatic heterocycles. The molecule has 2 amide bonds. The largest absolute Gasteiger partial charge is 0.493 e. The molecule has 1 heterocycles. The van der Waals surface area contributed by atoms with E-state index in [1.54, 1.807) is 32.4 Å². The van der Waals surface area contributed by atoms with Crippen LogP contribution in [0.3, 0.4) is 0 Å². The summed E-state index contributed by atoms with van der Waals surface area (Å²) in [5, 5.41) is 3.15. The Morgan fingerprint density at radius 1 is 0.931 bits per heavy atom. The molecule has 0 bridgehead atoms. The fourth-order valence-electron chi connectivity index (χ4n) is 3.27. The van der Waals surface area contributed by atoms with E-state index in [4.69, 9.17) is 9.47 Å². The van der Waals surface area contributed by atoms with E-state index < -0.39 is 0 Å². The quantitative estimate of drug-likeness (QED) is 0.723. The van der Waals surface area contributed by atoms with Gasteiger partial charge in [0, 0.05) is 18.3 Å². The first-order valence-electron chi connectivity index (χ1n) is 9.52. The van der Waals surface area contributed by atoms with Crippen LogP contribution in [0.1, 0.15) is 25.0 Å². The van der Waals surface area contributed by atoms with E-state index in [0.29, 0.717) is 34.9 Å². The number of amides is 2. The number of carbonyl (C=O) groups is 2. The molecule has 6 nitrogen and oxygen atoms in total. The number of nitrogens with zero attached hydrogens (tertiary/aromatic N) is 1. The highest BCUT2D eigenvalue weighted by atomic mass is 16.5. The Hall–Kier alpha value is -3.28. The van der Waals surface area contributed by atoms with Gasteiger partial charge in [0.2, 0.25) is 0 Å². The highest BCUT2D eigenvalue weighted by molar-refractivity contribution is 6.36. The molecule has 0 atom stereocenters. The van der Waals surface area contributed by atoms with Crippen molar-refractivity contribution < 1.29 is 19.1 Å². The molecule has 0 aliphatic carbocycles. The van der Waals surface area contributed by atoms with Gasteiger partial charge in [-0.05, 0) is 30.5 Å². The van der Waals surface area contributed by atoms with Crippen molar-refractivity contribution in [1.29, 1.82) is 0 Å². The number of nitrogens with one attached hydrogen (secondary N) is 1. The van der Waals surface area contributed by atoms with E-state index in [1.807, 2.05) is 45.0 Å². The van der Waals surface area contributed by atoms with Crippen LogP contribution >= 0.6 is 0 Å². The highest BCUT2D eigenvalue weighted by Crippen LogP contribution is 2.34. The van der Waals surface area contributed by atoms with Crippen molar-refractivity contribution in [1.82, 2.24) is 4.90 Å². The second-order valence-corrected chi connectivity index (χ2v) is 7.43. The fraction of sp³-hybridized carbons (Fsp3) is 0.304. The standard InChI is InChI=1S/C23H26N2O4/c1-14(2)13-25-22(26)20(16-8-6-15(3)7-9-16)21(23(25)27)24-17-10-11-18(28-4)19(12-17)29-5/h6-12,14,24H,13H2,1-5H3. The number of rotatable bonds is 7. The SMILES string of the molecule is COc1ccc(NC2=C(c3ccc(C)cc3)C(=O)N(CC(C)C)C2=O)cc1OC. The minimum absolute atomic E-state index is 0.169. The van der Waals surface area contributed by atoms with Crippen molar-refractivity contribution in [2.45, 2.75) is 20.8 Å². The summed E-state index contributed by atoms with van der Waals surface area (Å²) >= 11 is 0. The smallest absolute Gasteiger partial charge is 0.278 e. The predicted molar refractivity (Wildman–Crippen MR) is 113 cm³/mol. The first-order valence-corrected chi connectivity index (χ1v) is 9.52. The zero-order valence-corrected chi connectivity index (χ0v) is 17.4. The summed E-state index contributed by atoms with van der Waals surface area (Å²) in [4.78, 5) is 27.5. The van der Waals surface area contributed by atoms with Crippen molar-refractivity contribution in [3.63, 3.8) is 0 Å². The van der Waals surface area contributed by atoms with Crippen LogP contribution < -0.4 is 14.8 Å². The van der Waals surface area contributed by atoms with E-state index >= 15 is 0 Å². The molecule has 152 valence electrons. The van der Waals surface area contributed by atoms with Gasteiger partial charge in [0.05, 0.1) is 19.8 Å². The van der Waals surface area contributed by atoms with Gasteiger partial charge in [0.1, 0.15) is 5.70 Å². The predicted octanol–water partition coefficient (Wildman–Crippen LogP) is 3.86. The number of benzene rings is 2. The van der Waals surface area contributed by atoms with Crippen LogP contribution in [0.4, 0.5) is 5.69 Å². The van der Waals surface area contributed by atoms with Crippen LogP contribution in [0.25, 0.3) is 5.57 Å². The molecule has 6 heteroatoms. The van der Waals surface area contributed by atoms with Gasteiger partial charge in [-0.1, -0.05) is 43.7 Å². The Labute approximate surface area is 171 Å². The van der Waals surface area contributed by atoms with Crippen LogP contribution in [-0.4, -0.2) is 37.5 Å². The molecule has 0 unspecified atom stereocenters. The van der Waals surface area contributed by atoms with E-state index in [9.17, 15) is 9.59 Å². The number of aryl methyl sites for hydroxylation is 1. The monoisotopic (exact) mass is 394 g/mol. The molecular formula is C23H26N2O4. The van der Waals surface area contributed by atoms with E-state index in [1.165, 1.54) is 4.90 Å². The Morgan fingerprint density at radius 2 is 1.59 bits per heavy atom. The minimum Gasteiger partial charge on any atom is -0.493 e. The minimum atomic E-state index is -0.325. The Balaban J connectivity index is 2.05. The van der Waals surface area contributed by atoms with Gasteiger partial charge in [-0.3, -0.25) is 14.5 Å². The molecule has 0 radical (unpaired) electrons. The third kappa shape index (κ3) is 4.11. The number of ether oxygens (including phenoxy) is 2. The second-order valence-electron chi connectivity index (χ2n) is 7.43. The first kappa shape index (κ1) is 20.5. The number of carbonyl (C=O) groups excluding carboxylic acids is 2. The summed E-state index contributed by atoms with van der Waals surface area (Å²) in [5.41, 5.74) is 3.08. The molecule has 2 aromatic rings. The van der Waals surface area contributed by atoms with Gasteiger partial charge >= 0.3 is 0 Å². The summed E-state index contributed by atoms with van der Waals surface area (Å²) < 4.78 is 10.6. The lowest BCUT2D eigenvalue weighted by molar-refractivity contribution is -0.137. The number of imide groups is 1. The number of anilines is 1. The van der Waals surface area contributed by atoms with Crippen molar-refractivity contribution in [2.75, 3.05) is 26.1 Å². The molecular weight excluding hydrogens is 368 g/mol. The summed E-state index contributed by atoms with van der Waals surface area (Å²) in [6, 6.07) is 12.9. The maximum absolute atomic E-state index is 13.1. The average molecular weight is 394 g/mol. The van der Waals surface area contributed by atoms with Gasteiger partial charge in [0.25, 0.3) is 11.8 Å². The van der Waals surface area contributed by atoms with Gasteiger partial charge < -0.3 is 14.8 Å². The second kappa shape index (κ2) is 8.39. The number of hydrogen-bond donors (Lipinski definition) is 1. The van der Waals surface area contributed by atoms with Crippen LogP contribution in [0, 0.1) is 12.8 Å². The van der Waals surface area contributed by atoms with Gasteiger partial charge in [-0.2, -0.15) is 0 Å². The Morgan fingerprint density at radius 3 is 2.17 bits per heavy atom. The zero-order chi connectivity index (χ0) is 21.1. The van der Waals surface area contributed by atoms with Gasteiger partial charge in [-0.15, -0.1) is 0 Å². The topological polar surface area (TPSA) is 67.9 Å². The third-order valence-corrected chi connectivity index (χ3v) is 4.71. The number of methoxy groups -OCH3 is 2. The van der Waals surface area contributed by atoms with Crippen molar-refractivity contribution in [2.24, 2.45) is 5.92 Å². The molecule has 2 aromatic carbocycles. The molecule has 0 aromatic heterocycles. The van der Waals surface area contributed by atoms with E-state index in [2.05, 4.69) is 5.32 Å². The lowest BCUT2D eigenvalue weighted by atomic mass is 10.0. The van der Waals surface area contributed by atoms with Crippen LogP contribution in [0.2, 0.25) is 0 Å². The normalized spacial score (nSPS) is 14.1. The third-order valence-electron chi connectivity index (χ3n) is 4.71. The Bertz CT molecular complexity index is 961. The van der Waals surface area contributed by atoms with E-state index in [0.717, 1.165) is 5.56 Å². The molecule has 1 N–H and O–H groups in total. The lowest BCUT2D eigenvalue weighted by Crippen LogP contribution is -2.35. The summed E-state index contributed by atoms with van der Waals surface area (Å²) in [6.07, 6.45) is 0. The van der Waals surface area contributed by atoms with Gasteiger partial charge in [0.15, 0.2) is 11.5 Å². The molecule has 0 saturated carbocycles. The summed E-state index contributed by atoms with van der Waals surface area (Å²) in [7, 11) is 3.11. The molecule has 3 rings (SSSR count). The maximum atomic E-state index is 13.1. The van der Waals surface area contributed by atoms with Crippen molar-refractivity contribution in [3.05, 3.63) is 59.3 Å². The lowest BCUT2D eigenvalue weighted by Gasteiger charge is -2.17. The van der Waals surface area contributed by atoms with E-state index in [-0.39, 0.29) is 23.4 Å². The van der Waals surface area contributed by atoms with Crippen LogP contribution in [-0.2, 0) is 9.59 Å². The zero-order valence-electron chi connectivity index (χ0n) is 17.4.